The van der Waals surface area contributed by atoms with Gasteiger partial charge in [-0.3, -0.25) is 25.0 Å². The molecule has 5 amide bonds. The lowest BCUT2D eigenvalue weighted by atomic mass is 9.62. The zero-order valence-corrected chi connectivity index (χ0v) is 39.8. The van der Waals surface area contributed by atoms with Crippen molar-refractivity contribution in [2.45, 2.75) is 117 Å². The Morgan fingerprint density at radius 2 is 1.09 bits per heavy atom. The molecule has 8 rings (SSSR count). The van der Waals surface area contributed by atoms with Crippen molar-refractivity contribution in [3.8, 4) is 33.8 Å². The second-order valence-electron chi connectivity index (χ2n) is 20.0. The van der Waals surface area contributed by atoms with Crippen LogP contribution in [0.25, 0.3) is 34.4 Å². The smallest absolute Gasteiger partial charge is 0.326 e. The molecule has 9 nitrogen and oxygen atoms in total. The molecule has 2 heterocycles. The van der Waals surface area contributed by atoms with E-state index < -0.39 is 40.5 Å². The molecule has 0 spiro atoms. The summed E-state index contributed by atoms with van der Waals surface area (Å²) in [7, 11) is 2.82. The average Bonchev–Trinajstić information content (AvgIpc) is 3.73. The van der Waals surface area contributed by atoms with Crippen LogP contribution in [0.2, 0.25) is 0 Å². The second-order valence-corrected chi connectivity index (χ2v) is 21.0. The standard InChI is InChI=1S/C26H27F2NO3S.C26H29FN2O3/c1-13-9-17-18(26(4,5)8-7-25(17,2)3)12-15(13)16-10-14(20(27)21(28)22(16)32-6)11-19-23(30)29-24(31)33-19;1-14-11-17-18(26(4,5)10-9-25(17,2)3)13-16(14)21-20(32-6)8-7-15(22(21)27)12-19-23(30)29-24(31)28-19/h9-12H,7-8H2,1-6H3,(H,29,30,31);7-8,11-13H,9-10H2,1-6H3,(H2,28,29,30,31)/b19-11-;19-12-. The van der Waals surface area contributed by atoms with E-state index in [0.29, 0.717) is 28.6 Å². The first-order valence-corrected chi connectivity index (χ1v) is 22.4. The molecule has 2 aliphatic carbocycles. The van der Waals surface area contributed by atoms with Gasteiger partial charge in [-0.05, 0) is 160 Å². The number of rotatable bonds is 6. The van der Waals surface area contributed by atoms with E-state index in [2.05, 4.69) is 95.6 Å². The van der Waals surface area contributed by atoms with Crippen LogP contribution >= 0.6 is 11.8 Å². The van der Waals surface area contributed by atoms with Gasteiger partial charge in [-0.25, -0.2) is 13.6 Å². The Balaban J connectivity index is 0.000000194. The summed E-state index contributed by atoms with van der Waals surface area (Å²) in [5.74, 6) is -3.74. The quantitative estimate of drug-likeness (QED) is 0.130. The Kier molecular flexibility index (Phi) is 12.2. The van der Waals surface area contributed by atoms with E-state index in [9.17, 15) is 23.6 Å². The predicted octanol–water partition coefficient (Wildman–Crippen LogP) is 12.0. The molecular formula is C52H56F3N3O6S. The van der Waals surface area contributed by atoms with Gasteiger partial charge >= 0.3 is 6.03 Å². The highest BCUT2D eigenvalue weighted by Crippen LogP contribution is 2.51. The molecule has 0 atom stereocenters. The highest BCUT2D eigenvalue weighted by molar-refractivity contribution is 8.18. The summed E-state index contributed by atoms with van der Waals surface area (Å²) in [6.07, 6.45) is 6.78. The first kappa shape index (κ1) is 47.2. The number of carbonyl (C=O) groups excluding carboxylic acids is 4. The zero-order valence-electron chi connectivity index (χ0n) is 39.0. The van der Waals surface area contributed by atoms with E-state index in [4.69, 9.17) is 9.47 Å². The molecule has 4 aliphatic rings. The number of ether oxygens (including phenoxy) is 2. The van der Waals surface area contributed by atoms with Gasteiger partial charge < -0.3 is 14.8 Å². The number of nitrogens with one attached hydrogen (secondary N) is 3. The molecule has 2 aliphatic heterocycles. The van der Waals surface area contributed by atoms with Gasteiger partial charge in [0.05, 0.1) is 24.7 Å². The van der Waals surface area contributed by atoms with Crippen molar-refractivity contribution in [2.24, 2.45) is 0 Å². The monoisotopic (exact) mass is 907 g/mol. The summed E-state index contributed by atoms with van der Waals surface area (Å²) in [5.41, 5.74) is 9.19. The fraction of sp³-hybridized carbons (Fsp3) is 0.385. The van der Waals surface area contributed by atoms with Gasteiger partial charge in [0.15, 0.2) is 11.6 Å². The normalized spacial score (nSPS) is 20.0. The van der Waals surface area contributed by atoms with Crippen molar-refractivity contribution in [2.75, 3.05) is 14.2 Å². The minimum Gasteiger partial charge on any atom is -0.496 e. The topological polar surface area (TPSA) is 123 Å². The van der Waals surface area contributed by atoms with E-state index in [0.717, 1.165) is 47.9 Å². The van der Waals surface area contributed by atoms with Gasteiger partial charge in [0, 0.05) is 16.7 Å². The molecular weight excluding hydrogens is 852 g/mol. The van der Waals surface area contributed by atoms with Crippen LogP contribution in [0.3, 0.4) is 0 Å². The fourth-order valence-electron chi connectivity index (χ4n) is 9.44. The van der Waals surface area contributed by atoms with Crippen LogP contribution in [-0.4, -0.2) is 37.3 Å². The van der Waals surface area contributed by atoms with E-state index >= 15 is 8.78 Å². The second kappa shape index (κ2) is 16.9. The first-order valence-electron chi connectivity index (χ1n) is 21.6. The summed E-state index contributed by atoms with van der Waals surface area (Å²) in [5, 5.41) is 6.11. The van der Waals surface area contributed by atoms with Crippen molar-refractivity contribution in [1.82, 2.24) is 16.0 Å². The van der Waals surface area contributed by atoms with Crippen molar-refractivity contribution in [3.63, 3.8) is 0 Å². The maximum Gasteiger partial charge on any atom is 0.326 e. The van der Waals surface area contributed by atoms with Gasteiger partial charge in [0.2, 0.25) is 5.82 Å². The maximum absolute atomic E-state index is 15.9. The summed E-state index contributed by atoms with van der Waals surface area (Å²) in [6.45, 7) is 21.8. The number of imide groups is 2. The molecule has 0 aromatic heterocycles. The Morgan fingerprint density at radius 1 is 0.569 bits per heavy atom. The van der Waals surface area contributed by atoms with Crippen molar-refractivity contribution in [3.05, 3.63) is 115 Å². The third-order valence-electron chi connectivity index (χ3n) is 13.7. The minimum absolute atomic E-state index is 0.00932. The number of urea groups is 1. The molecule has 4 aromatic carbocycles. The van der Waals surface area contributed by atoms with Gasteiger partial charge in [0.25, 0.3) is 17.1 Å². The molecule has 0 unspecified atom stereocenters. The average molecular weight is 908 g/mol. The van der Waals surface area contributed by atoms with E-state index in [1.165, 1.54) is 54.7 Å². The number of thioether (sulfide) groups is 1. The molecule has 0 bridgehead atoms. The van der Waals surface area contributed by atoms with Gasteiger partial charge in [-0.1, -0.05) is 67.5 Å². The van der Waals surface area contributed by atoms with E-state index in [-0.39, 0.29) is 49.1 Å². The van der Waals surface area contributed by atoms with Crippen LogP contribution in [0.1, 0.15) is 126 Å². The van der Waals surface area contributed by atoms with Crippen molar-refractivity contribution < 1.29 is 41.8 Å². The number of halogens is 3. The number of hydrogen-bond acceptors (Lipinski definition) is 7. The third-order valence-corrected chi connectivity index (χ3v) is 14.5. The molecule has 0 saturated carbocycles. The van der Waals surface area contributed by atoms with E-state index in [1.807, 2.05) is 13.8 Å². The summed E-state index contributed by atoms with van der Waals surface area (Å²) >= 11 is 0.657. The lowest BCUT2D eigenvalue weighted by Gasteiger charge is -2.42. The van der Waals surface area contributed by atoms with Crippen LogP contribution in [0.5, 0.6) is 11.5 Å². The van der Waals surface area contributed by atoms with Gasteiger partial charge in [-0.15, -0.1) is 0 Å². The van der Waals surface area contributed by atoms with Crippen LogP contribution in [0.15, 0.2) is 53.1 Å². The summed E-state index contributed by atoms with van der Waals surface area (Å²) in [4.78, 5) is 46.8. The number of fused-ring (bicyclic) bond motifs is 2. The molecule has 342 valence electrons. The lowest BCUT2D eigenvalue weighted by Crippen LogP contribution is -2.34. The number of benzene rings is 4. The summed E-state index contributed by atoms with van der Waals surface area (Å²) in [6, 6.07) is 12.6. The number of methoxy groups -OCH3 is 2. The number of hydrogen-bond donors (Lipinski definition) is 3. The first-order chi connectivity index (χ1) is 30.3. The molecule has 0 radical (unpaired) electrons. The number of carbonyl (C=O) groups is 4. The Hall–Kier alpha value is -5.82. The highest BCUT2D eigenvalue weighted by atomic mass is 32.2. The Bertz CT molecular complexity index is 2790. The van der Waals surface area contributed by atoms with E-state index in [1.54, 1.807) is 12.1 Å². The maximum atomic E-state index is 15.9. The van der Waals surface area contributed by atoms with Crippen molar-refractivity contribution >= 4 is 47.0 Å². The van der Waals surface area contributed by atoms with Crippen LogP contribution in [-0.2, 0) is 31.2 Å². The number of amides is 5. The highest BCUT2D eigenvalue weighted by Gasteiger charge is 2.40. The van der Waals surface area contributed by atoms with Crippen LogP contribution < -0.4 is 25.4 Å². The Labute approximate surface area is 383 Å². The summed E-state index contributed by atoms with van der Waals surface area (Å²) < 4.78 is 56.7. The molecule has 65 heavy (non-hydrogen) atoms. The molecule has 3 N–H and O–H groups in total. The molecule has 2 fully saturated rings. The SMILES string of the molecule is COc1c(-c2cc3c(cc2C)C(C)(C)CCC3(C)C)cc(/C=C2\SC(=O)NC2=O)c(F)c1F.COc1ccc(/C=C2\NC(=O)NC2=O)c(F)c1-c1cc2c(cc1C)C(C)(C)CCC2(C)C. The number of aryl methyl sites for hydroxylation is 2. The zero-order chi connectivity index (χ0) is 47.7. The third kappa shape index (κ3) is 8.71. The lowest BCUT2D eigenvalue weighted by molar-refractivity contribution is -0.116. The van der Waals surface area contributed by atoms with Gasteiger partial charge in [-0.2, -0.15) is 4.39 Å². The van der Waals surface area contributed by atoms with Crippen LogP contribution in [0.4, 0.5) is 22.8 Å². The largest absolute Gasteiger partial charge is 0.496 e. The van der Waals surface area contributed by atoms with Gasteiger partial charge in [0.1, 0.15) is 17.3 Å². The Morgan fingerprint density at radius 3 is 1.57 bits per heavy atom. The fourth-order valence-corrected chi connectivity index (χ4v) is 10.1. The predicted molar refractivity (Wildman–Crippen MR) is 251 cm³/mol. The van der Waals surface area contributed by atoms with Crippen LogP contribution in [0, 0.1) is 31.3 Å². The van der Waals surface area contributed by atoms with Crippen molar-refractivity contribution in [1.29, 1.82) is 0 Å². The minimum atomic E-state index is -1.13. The molecule has 4 aromatic rings. The molecule has 2 saturated heterocycles. The molecule has 13 heteroatoms.